The van der Waals surface area contributed by atoms with Crippen LogP contribution in [-0.2, 0) is 33.5 Å². The van der Waals surface area contributed by atoms with Gasteiger partial charge in [0.05, 0.1) is 32.8 Å². The molecule has 0 aliphatic carbocycles. The fraction of sp³-hybridized carbons (Fsp3) is 0.714. The van der Waals surface area contributed by atoms with E-state index in [0.29, 0.717) is 31.2 Å². The summed E-state index contributed by atoms with van der Waals surface area (Å²) in [4.78, 5) is 49.5. The maximum absolute atomic E-state index is 11.4. The van der Waals surface area contributed by atoms with E-state index in [1.807, 2.05) is 0 Å². The molecule has 1 aliphatic heterocycles. The Morgan fingerprint density at radius 1 is 1.04 bits per heavy atom. The van der Waals surface area contributed by atoms with Crippen LogP contribution in [0.2, 0.25) is 0 Å². The molecule has 0 bridgehead atoms. The van der Waals surface area contributed by atoms with E-state index in [9.17, 15) is 19.2 Å². The van der Waals surface area contributed by atoms with E-state index in [-0.39, 0.29) is 38.4 Å². The molecule has 130 valence electrons. The Morgan fingerprint density at radius 2 is 1.65 bits per heavy atom. The largest absolute Gasteiger partial charge is 0.378 e. The van der Waals surface area contributed by atoms with Gasteiger partial charge in [-0.2, -0.15) is 0 Å². The highest BCUT2D eigenvalue weighted by Crippen LogP contribution is 2.12. The second-order valence-corrected chi connectivity index (χ2v) is 4.72. The van der Waals surface area contributed by atoms with Gasteiger partial charge in [0.1, 0.15) is 0 Å². The minimum Gasteiger partial charge on any atom is -0.378 e. The van der Waals surface area contributed by atoms with Crippen LogP contribution in [0.4, 0.5) is 0 Å². The molecule has 0 spiro atoms. The number of nitrogens with one attached hydrogen (secondary N) is 1. The van der Waals surface area contributed by atoms with Gasteiger partial charge >= 0.3 is 5.97 Å². The van der Waals surface area contributed by atoms with Crippen molar-refractivity contribution in [1.82, 2.24) is 10.4 Å². The Balaban J connectivity index is 1.94. The standard InChI is InChI=1S/C14H22N2O7/c1-2-11(17)15-6-8-22-10-9-21-7-5-14(20)23-16-12(18)3-4-13(16)19/h2-10H2,1H3,(H,15,17). The monoisotopic (exact) mass is 330 g/mol. The van der Waals surface area contributed by atoms with Gasteiger partial charge in [0.15, 0.2) is 0 Å². The number of hydroxylamine groups is 2. The van der Waals surface area contributed by atoms with E-state index in [4.69, 9.17) is 9.47 Å². The maximum atomic E-state index is 11.4. The van der Waals surface area contributed by atoms with Gasteiger partial charge in [-0.25, -0.2) is 4.79 Å². The Hall–Kier alpha value is -2.00. The summed E-state index contributed by atoms with van der Waals surface area (Å²) >= 11 is 0. The van der Waals surface area contributed by atoms with Crippen LogP contribution in [0.25, 0.3) is 0 Å². The van der Waals surface area contributed by atoms with E-state index in [0.717, 1.165) is 0 Å². The SMILES string of the molecule is CCC(=O)NCCOCCOCCC(=O)ON1C(=O)CCC1=O. The zero-order valence-corrected chi connectivity index (χ0v) is 13.2. The predicted molar refractivity (Wildman–Crippen MR) is 76.7 cm³/mol. The van der Waals surface area contributed by atoms with Crippen LogP contribution in [-0.4, -0.2) is 61.7 Å². The van der Waals surface area contributed by atoms with Crippen LogP contribution in [0, 0.1) is 0 Å². The number of amides is 3. The summed E-state index contributed by atoms with van der Waals surface area (Å²) in [5.41, 5.74) is 0. The van der Waals surface area contributed by atoms with Crippen molar-refractivity contribution in [2.45, 2.75) is 32.6 Å². The maximum Gasteiger partial charge on any atom is 0.335 e. The minimum absolute atomic E-state index is 0.0293. The van der Waals surface area contributed by atoms with E-state index in [1.165, 1.54) is 0 Å². The van der Waals surface area contributed by atoms with Crippen LogP contribution in [0.3, 0.4) is 0 Å². The smallest absolute Gasteiger partial charge is 0.335 e. The molecule has 1 heterocycles. The minimum atomic E-state index is -0.697. The Labute approximate surface area is 134 Å². The molecule has 0 aromatic carbocycles. The summed E-state index contributed by atoms with van der Waals surface area (Å²) in [7, 11) is 0. The number of hydrogen-bond donors (Lipinski definition) is 1. The Kier molecular flexibility index (Phi) is 8.85. The van der Waals surface area contributed by atoms with Crippen molar-refractivity contribution in [3.8, 4) is 0 Å². The molecule has 0 radical (unpaired) electrons. The van der Waals surface area contributed by atoms with E-state index < -0.39 is 17.8 Å². The number of hydrogen-bond acceptors (Lipinski definition) is 7. The van der Waals surface area contributed by atoms with Gasteiger partial charge in [-0.15, -0.1) is 5.06 Å². The van der Waals surface area contributed by atoms with Gasteiger partial charge in [0.25, 0.3) is 11.8 Å². The second-order valence-electron chi connectivity index (χ2n) is 4.72. The third-order valence-corrected chi connectivity index (χ3v) is 2.91. The summed E-state index contributed by atoms with van der Waals surface area (Å²) in [5, 5.41) is 3.18. The molecule has 9 nitrogen and oxygen atoms in total. The molecule has 1 fully saturated rings. The van der Waals surface area contributed by atoms with Gasteiger partial charge in [0, 0.05) is 25.8 Å². The molecular weight excluding hydrogens is 308 g/mol. The quantitative estimate of drug-likeness (QED) is 0.403. The Bertz CT molecular complexity index is 423. The molecule has 9 heteroatoms. The van der Waals surface area contributed by atoms with E-state index in [1.54, 1.807) is 6.92 Å². The first kappa shape index (κ1) is 19.0. The molecule has 3 amide bonds. The van der Waals surface area contributed by atoms with Gasteiger partial charge in [-0.05, 0) is 0 Å². The lowest BCUT2D eigenvalue weighted by Gasteiger charge is -2.12. The predicted octanol–water partition coefficient (Wildman–Crippen LogP) is -0.457. The van der Waals surface area contributed by atoms with Gasteiger partial charge in [0.2, 0.25) is 5.91 Å². The summed E-state index contributed by atoms with van der Waals surface area (Å²) in [6.45, 7) is 3.32. The fourth-order valence-electron chi connectivity index (χ4n) is 1.67. The van der Waals surface area contributed by atoms with Crippen molar-refractivity contribution >= 4 is 23.7 Å². The molecular formula is C14H22N2O7. The highest BCUT2D eigenvalue weighted by atomic mass is 16.7. The normalized spacial score (nSPS) is 14.2. The van der Waals surface area contributed by atoms with Crippen molar-refractivity contribution in [3.63, 3.8) is 0 Å². The highest BCUT2D eigenvalue weighted by molar-refractivity contribution is 6.01. The third kappa shape index (κ3) is 7.71. The first-order valence-electron chi connectivity index (χ1n) is 7.53. The second kappa shape index (κ2) is 10.7. The lowest BCUT2D eigenvalue weighted by Crippen LogP contribution is -2.32. The molecule has 0 atom stereocenters. The molecule has 1 rings (SSSR count). The van der Waals surface area contributed by atoms with E-state index >= 15 is 0 Å². The zero-order valence-electron chi connectivity index (χ0n) is 13.2. The molecule has 0 unspecified atom stereocenters. The van der Waals surface area contributed by atoms with Gasteiger partial charge in [-0.1, -0.05) is 6.92 Å². The van der Waals surface area contributed by atoms with Gasteiger partial charge < -0.3 is 19.6 Å². The third-order valence-electron chi connectivity index (χ3n) is 2.91. The molecule has 0 aromatic rings. The summed E-state index contributed by atoms with van der Waals surface area (Å²) < 4.78 is 10.4. The van der Waals surface area contributed by atoms with Crippen molar-refractivity contribution in [2.75, 3.05) is 33.0 Å². The lowest BCUT2D eigenvalue weighted by molar-refractivity contribution is -0.198. The molecule has 23 heavy (non-hydrogen) atoms. The van der Waals surface area contributed by atoms with Crippen LogP contribution >= 0.6 is 0 Å². The van der Waals surface area contributed by atoms with Crippen LogP contribution in [0.1, 0.15) is 32.6 Å². The molecule has 0 saturated carbocycles. The van der Waals surface area contributed by atoms with Crippen LogP contribution in [0.15, 0.2) is 0 Å². The van der Waals surface area contributed by atoms with Crippen molar-refractivity contribution in [1.29, 1.82) is 0 Å². The highest BCUT2D eigenvalue weighted by Gasteiger charge is 2.32. The topological polar surface area (TPSA) is 111 Å². The number of ether oxygens (including phenoxy) is 2. The lowest BCUT2D eigenvalue weighted by atomic mass is 10.4. The molecule has 1 aliphatic rings. The van der Waals surface area contributed by atoms with Crippen molar-refractivity contribution in [2.24, 2.45) is 0 Å². The Morgan fingerprint density at radius 3 is 2.26 bits per heavy atom. The first-order valence-corrected chi connectivity index (χ1v) is 7.53. The van der Waals surface area contributed by atoms with Crippen molar-refractivity contribution in [3.05, 3.63) is 0 Å². The number of carbonyl (C=O) groups is 4. The number of rotatable bonds is 11. The van der Waals surface area contributed by atoms with Crippen molar-refractivity contribution < 1.29 is 33.5 Å². The fourth-order valence-corrected chi connectivity index (χ4v) is 1.67. The summed E-state index contributed by atoms with van der Waals surface area (Å²) in [6, 6.07) is 0. The average Bonchev–Trinajstić information content (AvgIpc) is 2.84. The van der Waals surface area contributed by atoms with Gasteiger partial charge in [-0.3, -0.25) is 14.4 Å². The average molecular weight is 330 g/mol. The van der Waals surface area contributed by atoms with Crippen LogP contribution in [0.5, 0.6) is 0 Å². The first-order chi connectivity index (χ1) is 11.0. The van der Waals surface area contributed by atoms with Crippen LogP contribution < -0.4 is 5.32 Å². The zero-order chi connectivity index (χ0) is 17.1. The molecule has 0 aromatic heterocycles. The summed E-state index contributed by atoms with van der Waals surface area (Å²) in [6.07, 6.45) is 0.509. The number of nitrogens with zero attached hydrogens (tertiary/aromatic N) is 1. The number of carbonyl (C=O) groups excluding carboxylic acids is 4. The molecule has 1 N–H and O–H groups in total. The number of imide groups is 1. The molecule has 1 saturated heterocycles. The van der Waals surface area contributed by atoms with E-state index in [2.05, 4.69) is 10.2 Å². The summed E-state index contributed by atoms with van der Waals surface area (Å²) in [5.74, 6) is -1.74.